The standard InChI is InChI=1S/C7H17NO.ClH/c1-4-7(9)5-8-6(2)3;/h6-9H,4-5H2,1-3H3;1H. The van der Waals surface area contributed by atoms with Gasteiger partial charge in [0.15, 0.2) is 0 Å². The minimum atomic E-state index is -0.174. The van der Waals surface area contributed by atoms with E-state index in [2.05, 4.69) is 19.2 Å². The molecule has 0 aliphatic heterocycles. The smallest absolute Gasteiger partial charge is 0.0662 e. The highest BCUT2D eigenvalue weighted by atomic mass is 35.5. The van der Waals surface area contributed by atoms with E-state index in [-0.39, 0.29) is 18.5 Å². The van der Waals surface area contributed by atoms with Crippen LogP contribution in [-0.2, 0) is 0 Å². The molecule has 0 aromatic rings. The molecule has 0 aliphatic rings. The second-order valence-electron chi connectivity index (χ2n) is 2.63. The maximum Gasteiger partial charge on any atom is 0.0662 e. The van der Waals surface area contributed by atoms with Crippen LogP contribution in [0.25, 0.3) is 0 Å². The van der Waals surface area contributed by atoms with E-state index in [0.29, 0.717) is 12.6 Å². The molecule has 0 bridgehead atoms. The highest BCUT2D eigenvalue weighted by molar-refractivity contribution is 5.85. The average Bonchev–Trinajstić information content (AvgIpc) is 1.83. The Morgan fingerprint density at radius 2 is 1.90 bits per heavy atom. The number of halogens is 1. The van der Waals surface area contributed by atoms with Crippen molar-refractivity contribution >= 4 is 12.4 Å². The molecule has 0 fully saturated rings. The molecule has 2 nitrogen and oxygen atoms in total. The summed E-state index contributed by atoms with van der Waals surface area (Å²) in [6.07, 6.45) is 0.659. The first kappa shape index (κ1) is 12.8. The third-order valence-electron chi connectivity index (χ3n) is 1.23. The summed E-state index contributed by atoms with van der Waals surface area (Å²) in [5.41, 5.74) is 0. The Morgan fingerprint density at radius 3 is 2.20 bits per heavy atom. The van der Waals surface area contributed by atoms with Gasteiger partial charge in [-0.3, -0.25) is 0 Å². The second kappa shape index (κ2) is 7.32. The first-order valence-corrected chi connectivity index (χ1v) is 3.58. The zero-order chi connectivity index (χ0) is 7.28. The zero-order valence-corrected chi connectivity index (χ0v) is 7.74. The quantitative estimate of drug-likeness (QED) is 0.659. The predicted octanol–water partition coefficient (Wildman–Crippen LogP) is 1.18. The predicted molar refractivity (Wildman–Crippen MR) is 46.7 cm³/mol. The Kier molecular flexibility index (Phi) is 9.40. The summed E-state index contributed by atoms with van der Waals surface area (Å²) in [5, 5.41) is 12.2. The largest absolute Gasteiger partial charge is 0.392 e. The van der Waals surface area contributed by atoms with Crippen LogP contribution in [0.15, 0.2) is 0 Å². The Hall–Kier alpha value is 0.210. The summed E-state index contributed by atoms with van der Waals surface area (Å²) >= 11 is 0. The van der Waals surface area contributed by atoms with E-state index in [1.165, 1.54) is 0 Å². The van der Waals surface area contributed by atoms with E-state index in [9.17, 15) is 0 Å². The van der Waals surface area contributed by atoms with Crippen LogP contribution in [0.4, 0.5) is 0 Å². The molecule has 3 heteroatoms. The van der Waals surface area contributed by atoms with Crippen molar-refractivity contribution in [3.8, 4) is 0 Å². The van der Waals surface area contributed by atoms with Crippen molar-refractivity contribution in [3.63, 3.8) is 0 Å². The summed E-state index contributed by atoms with van der Waals surface area (Å²) in [5.74, 6) is 0. The van der Waals surface area contributed by atoms with Gasteiger partial charge in [0.05, 0.1) is 6.10 Å². The number of rotatable bonds is 4. The van der Waals surface area contributed by atoms with Crippen LogP contribution < -0.4 is 5.32 Å². The summed E-state index contributed by atoms with van der Waals surface area (Å²) in [4.78, 5) is 0. The van der Waals surface area contributed by atoms with Gasteiger partial charge in [-0.25, -0.2) is 0 Å². The number of aliphatic hydroxyl groups excluding tert-OH is 1. The fourth-order valence-electron chi connectivity index (χ4n) is 0.516. The normalized spacial score (nSPS) is 12.9. The molecule has 0 amide bonds. The first-order valence-electron chi connectivity index (χ1n) is 3.58. The molecule has 0 spiro atoms. The molecule has 0 saturated heterocycles. The lowest BCUT2D eigenvalue weighted by molar-refractivity contribution is 0.164. The molecule has 64 valence electrons. The Morgan fingerprint density at radius 1 is 1.40 bits per heavy atom. The third-order valence-corrected chi connectivity index (χ3v) is 1.23. The van der Waals surface area contributed by atoms with Crippen LogP contribution in [-0.4, -0.2) is 23.8 Å². The molecule has 0 aliphatic carbocycles. The molecule has 2 N–H and O–H groups in total. The van der Waals surface area contributed by atoms with E-state index < -0.39 is 0 Å². The van der Waals surface area contributed by atoms with Crippen molar-refractivity contribution in [1.29, 1.82) is 0 Å². The Labute approximate surface area is 69.4 Å². The van der Waals surface area contributed by atoms with Gasteiger partial charge in [0, 0.05) is 12.6 Å². The maximum atomic E-state index is 9.04. The molecule has 0 heterocycles. The van der Waals surface area contributed by atoms with Crippen LogP contribution in [0.5, 0.6) is 0 Å². The molecular formula is C7H18ClNO. The van der Waals surface area contributed by atoms with E-state index in [0.717, 1.165) is 6.42 Å². The van der Waals surface area contributed by atoms with Crippen molar-refractivity contribution in [1.82, 2.24) is 5.32 Å². The van der Waals surface area contributed by atoms with Gasteiger partial charge in [-0.1, -0.05) is 20.8 Å². The third kappa shape index (κ3) is 8.21. The van der Waals surface area contributed by atoms with E-state index in [1.807, 2.05) is 6.92 Å². The van der Waals surface area contributed by atoms with Crippen molar-refractivity contribution in [2.75, 3.05) is 6.54 Å². The molecule has 0 aromatic carbocycles. The number of hydrogen-bond donors (Lipinski definition) is 2. The number of aliphatic hydroxyl groups is 1. The SMILES string of the molecule is CCC(O)CNC(C)C.Cl. The molecule has 0 radical (unpaired) electrons. The van der Waals surface area contributed by atoms with Gasteiger partial charge in [-0.2, -0.15) is 0 Å². The summed E-state index contributed by atoms with van der Waals surface area (Å²) in [6, 6.07) is 0.478. The highest BCUT2D eigenvalue weighted by Gasteiger charge is 1.99. The summed E-state index contributed by atoms with van der Waals surface area (Å²) in [6.45, 7) is 6.84. The minimum absolute atomic E-state index is 0. The Balaban J connectivity index is 0. The minimum Gasteiger partial charge on any atom is -0.392 e. The van der Waals surface area contributed by atoms with E-state index in [4.69, 9.17) is 5.11 Å². The topological polar surface area (TPSA) is 32.3 Å². The van der Waals surface area contributed by atoms with Gasteiger partial charge >= 0.3 is 0 Å². The Bertz CT molecular complexity index is 68.6. The van der Waals surface area contributed by atoms with Gasteiger partial charge in [0.1, 0.15) is 0 Å². The van der Waals surface area contributed by atoms with Gasteiger partial charge in [0.2, 0.25) is 0 Å². The number of hydrogen-bond acceptors (Lipinski definition) is 2. The lowest BCUT2D eigenvalue weighted by atomic mass is 10.2. The fourth-order valence-corrected chi connectivity index (χ4v) is 0.516. The maximum absolute atomic E-state index is 9.04. The summed E-state index contributed by atoms with van der Waals surface area (Å²) in [7, 11) is 0. The zero-order valence-electron chi connectivity index (χ0n) is 6.92. The molecule has 0 rings (SSSR count). The second-order valence-corrected chi connectivity index (χ2v) is 2.63. The van der Waals surface area contributed by atoms with Gasteiger partial charge < -0.3 is 10.4 Å². The average molecular weight is 168 g/mol. The highest BCUT2D eigenvalue weighted by Crippen LogP contribution is 1.87. The van der Waals surface area contributed by atoms with Crippen LogP contribution >= 0.6 is 12.4 Å². The molecule has 0 aromatic heterocycles. The van der Waals surface area contributed by atoms with Crippen LogP contribution in [0.3, 0.4) is 0 Å². The van der Waals surface area contributed by atoms with Crippen molar-refractivity contribution in [2.45, 2.75) is 39.3 Å². The monoisotopic (exact) mass is 167 g/mol. The van der Waals surface area contributed by atoms with E-state index in [1.54, 1.807) is 0 Å². The molecule has 1 atom stereocenters. The lowest BCUT2D eigenvalue weighted by Crippen LogP contribution is -2.31. The van der Waals surface area contributed by atoms with Gasteiger partial charge in [0.25, 0.3) is 0 Å². The fraction of sp³-hybridized carbons (Fsp3) is 1.00. The first-order chi connectivity index (χ1) is 4.16. The van der Waals surface area contributed by atoms with Crippen LogP contribution in [0, 0.1) is 0 Å². The van der Waals surface area contributed by atoms with Gasteiger partial charge in [-0.15, -0.1) is 12.4 Å². The van der Waals surface area contributed by atoms with Crippen molar-refractivity contribution in [2.24, 2.45) is 0 Å². The molecular weight excluding hydrogens is 150 g/mol. The van der Waals surface area contributed by atoms with Crippen molar-refractivity contribution in [3.05, 3.63) is 0 Å². The molecule has 0 saturated carbocycles. The van der Waals surface area contributed by atoms with Crippen LogP contribution in [0.2, 0.25) is 0 Å². The molecule has 1 unspecified atom stereocenters. The lowest BCUT2D eigenvalue weighted by Gasteiger charge is -2.11. The molecule has 10 heavy (non-hydrogen) atoms. The van der Waals surface area contributed by atoms with Crippen molar-refractivity contribution < 1.29 is 5.11 Å². The number of nitrogens with one attached hydrogen (secondary N) is 1. The summed E-state index contributed by atoms with van der Waals surface area (Å²) < 4.78 is 0. The van der Waals surface area contributed by atoms with Gasteiger partial charge in [-0.05, 0) is 6.42 Å². The van der Waals surface area contributed by atoms with E-state index >= 15 is 0 Å². The van der Waals surface area contributed by atoms with Crippen LogP contribution in [0.1, 0.15) is 27.2 Å².